The van der Waals surface area contributed by atoms with Crippen LogP contribution in [-0.4, -0.2) is 49.9 Å². The van der Waals surface area contributed by atoms with E-state index in [1.807, 2.05) is 12.1 Å². The van der Waals surface area contributed by atoms with Crippen molar-refractivity contribution in [2.45, 2.75) is 20.4 Å². The fourth-order valence-electron chi connectivity index (χ4n) is 2.15. The number of esters is 2. The standard InChI is InChI=1S/C17H23NO5/c1-13(2)16(19)22-12-23-17(20)15-5-3-14(4-6-15)11-18-7-9-21-10-8-18/h3-6,13H,7-12H2,1-2H3. The van der Waals surface area contributed by atoms with Crippen LogP contribution in [0.5, 0.6) is 0 Å². The minimum absolute atomic E-state index is 0.242. The van der Waals surface area contributed by atoms with Crippen molar-refractivity contribution >= 4 is 11.9 Å². The van der Waals surface area contributed by atoms with Crippen LogP contribution in [0.3, 0.4) is 0 Å². The molecule has 0 radical (unpaired) electrons. The van der Waals surface area contributed by atoms with Crippen molar-refractivity contribution in [2.24, 2.45) is 5.92 Å². The van der Waals surface area contributed by atoms with E-state index in [4.69, 9.17) is 14.2 Å². The number of morpholine rings is 1. The number of nitrogens with zero attached hydrogens (tertiary/aromatic N) is 1. The van der Waals surface area contributed by atoms with Gasteiger partial charge in [0.15, 0.2) is 0 Å². The van der Waals surface area contributed by atoms with Crippen LogP contribution in [0.25, 0.3) is 0 Å². The van der Waals surface area contributed by atoms with Gasteiger partial charge in [0.2, 0.25) is 6.79 Å². The van der Waals surface area contributed by atoms with Crippen LogP contribution in [0, 0.1) is 5.92 Å². The van der Waals surface area contributed by atoms with Crippen LogP contribution in [0.4, 0.5) is 0 Å². The minimum atomic E-state index is -0.500. The number of hydrogen-bond donors (Lipinski definition) is 0. The van der Waals surface area contributed by atoms with Gasteiger partial charge >= 0.3 is 11.9 Å². The van der Waals surface area contributed by atoms with Crippen LogP contribution < -0.4 is 0 Å². The Labute approximate surface area is 136 Å². The molecule has 1 saturated heterocycles. The average Bonchev–Trinajstić information content (AvgIpc) is 2.56. The Morgan fingerprint density at radius 1 is 1.13 bits per heavy atom. The lowest BCUT2D eigenvalue weighted by Gasteiger charge is -2.26. The molecule has 0 amide bonds. The molecule has 0 unspecified atom stereocenters. The molecule has 1 aromatic rings. The summed E-state index contributed by atoms with van der Waals surface area (Å²) in [6.45, 7) is 7.29. The largest absolute Gasteiger partial charge is 0.428 e. The van der Waals surface area contributed by atoms with E-state index in [1.54, 1.807) is 26.0 Å². The lowest BCUT2D eigenvalue weighted by molar-refractivity contribution is -0.155. The van der Waals surface area contributed by atoms with Gasteiger partial charge in [-0.25, -0.2) is 4.79 Å². The molecule has 23 heavy (non-hydrogen) atoms. The van der Waals surface area contributed by atoms with Crippen molar-refractivity contribution in [3.63, 3.8) is 0 Å². The molecule has 1 aliphatic heterocycles. The molecule has 1 fully saturated rings. The molecular weight excluding hydrogens is 298 g/mol. The van der Waals surface area contributed by atoms with Gasteiger partial charge in [-0.3, -0.25) is 9.69 Å². The zero-order valence-corrected chi connectivity index (χ0v) is 13.6. The normalized spacial score (nSPS) is 15.4. The molecule has 1 aliphatic rings. The van der Waals surface area contributed by atoms with Crippen LogP contribution >= 0.6 is 0 Å². The summed E-state index contributed by atoms with van der Waals surface area (Å²) in [4.78, 5) is 25.4. The zero-order chi connectivity index (χ0) is 16.7. The third kappa shape index (κ3) is 5.65. The number of ether oxygens (including phenoxy) is 3. The van der Waals surface area contributed by atoms with Crippen LogP contribution in [0.2, 0.25) is 0 Å². The van der Waals surface area contributed by atoms with Crippen LogP contribution in [0.1, 0.15) is 29.8 Å². The maximum absolute atomic E-state index is 11.9. The van der Waals surface area contributed by atoms with Crippen molar-refractivity contribution in [3.05, 3.63) is 35.4 Å². The van der Waals surface area contributed by atoms with E-state index in [9.17, 15) is 9.59 Å². The van der Waals surface area contributed by atoms with E-state index in [-0.39, 0.29) is 12.7 Å². The van der Waals surface area contributed by atoms with E-state index >= 15 is 0 Å². The lowest BCUT2D eigenvalue weighted by Crippen LogP contribution is -2.35. The second kappa shape index (κ2) is 8.64. The van der Waals surface area contributed by atoms with Gasteiger partial charge in [0, 0.05) is 19.6 Å². The zero-order valence-electron chi connectivity index (χ0n) is 13.6. The Balaban J connectivity index is 1.79. The second-order valence-electron chi connectivity index (χ2n) is 5.75. The summed E-state index contributed by atoms with van der Waals surface area (Å²) >= 11 is 0. The predicted molar refractivity (Wildman–Crippen MR) is 83.8 cm³/mol. The smallest absolute Gasteiger partial charge is 0.340 e. The molecule has 0 atom stereocenters. The molecule has 6 heteroatoms. The lowest BCUT2D eigenvalue weighted by atomic mass is 10.1. The SMILES string of the molecule is CC(C)C(=O)OCOC(=O)c1ccc(CN2CCOCC2)cc1. The summed E-state index contributed by atoms with van der Waals surface area (Å²) in [5.41, 5.74) is 1.58. The fourth-order valence-corrected chi connectivity index (χ4v) is 2.15. The van der Waals surface area contributed by atoms with E-state index in [2.05, 4.69) is 4.90 Å². The topological polar surface area (TPSA) is 65.1 Å². The first-order valence-corrected chi connectivity index (χ1v) is 7.79. The monoisotopic (exact) mass is 321 g/mol. The molecule has 0 N–H and O–H groups in total. The summed E-state index contributed by atoms with van der Waals surface area (Å²) in [6, 6.07) is 7.27. The first-order chi connectivity index (χ1) is 11.1. The molecule has 1 heterocycles. The molecular formula is C17H23NO5. The van der Waals surface area contributed by atoms with Gasteiger partial charge in [-0.05, 0) is 17.7 Å². The Bertz CT molecular complexity index is 520. The molecule has 0 aromatic heterocycles. The van der Waals surface area contributed by atoms with Gasteiger partial charge in [0.1, 0.15) is 0 Å². The van der Waals surface area contributed by atoms with Gasteiger partial charge in [0.05, 0.1) is 24.7 Å². The van der Waals surface area contributed by atoms with Crippen LogP contribution in [-0.2, 0) is 25.5 Å². The van der Waals surface area contributed by atoms with Crippen LogP contribution in [0.15, 0.2) is 24.3 Å². The average molecular weight is 321 g/mol. The predicted octanol–water partition coefficient (Wildman–Crippen LogP) is 1.83. The van der Waals surface area contributed by atoms with Crippen molar-refractivity contribution in [1.29, 1.82) is 0 Å². The summed E-state index contributed by atoms with van der Waals surface area (Å²) in [5, 5.41) is 0. The highest BCUT2D eigenvalue weighted by Gasteiger charge is 2.13. The molecule has 2 rings (SSSR count). The Hall–Kier alpha value is -1.92. The Kier molecular flexibility index (Phi) is 6.55. The third-order valence-electron chi connectivity index (χ3n) is 3.56. The second-order valence-corrected chi connectivity index (χ2v) is 5.75. The highest BCUT2D eigenvalue weighted by atomic mass is 16.7. The Morgan fingerprint density at radius 3 is 2.39 bits per heavy atom. The van der Waals surface area contributed by atoms with Gasteiger partial charge in [0.25, 0.3) is 0 Å². The maximum atomic E-state index is 11.9. The quantitative estimate of drug-likeness (QED) is 0.588. The Morgan fingerprint density at radius 2 is 1.78 bits per heavy atom. The number of carbonyl (C=O) groups is 2. The molecule has 126 valence electrons. The highest BCUT2D eigenvalue weighted by molar-refractivity contribution is 5.89. The van der Waals surface area contributed by atoms with Crippen molar-refractivity contribution in [2.75, 3.05) is 33.1 Å². The minimum Gasteiger partial charge on any atom is -0.428 e. The van der Waals surface area contributed by atoms with Crippen molar-refractivity contribution in [3.8, 4) is 0 Å². The summed E-state index contributed by atoms with van der Waals surface area (Å²) in [6.07, 6.45) is 0. The number of rotatable bonds is 6. The summed E-state index contributed by atoms with van der Waals surface area (Å²) < 4.78 is 15.1. The first kappa shape index (κ1) is 17.4. The summed E-state index contributed by atoms with van der Waals surface area (Å²) in [5.74, 6) is -1.13. The molecule has 0 spiro atoms. The maximum Gasteiger partial charge on any atom is 0.340 e. The van der Waals surface area contributed by atoms with E-state index < -0.39 is 11.9 Å². The number of carbonyl (C=O) groups excluding carboxylic acids is 2. The highest BCUT2D eigenvalue weighted by Crippen LogP contribution is 2.10. The van der Waals surface area contributed by atoms with Gasteiger partial charge in [-0.1, -0.05) is 26.0 Å². The molecule has 0 aliphatic carbocycles. The molecule has 6 nitrogen and oxygen atoms in total. The molecule has 0 saturated carbocycles. The van der Waals surface area contributed by atoms with Crippen molar-refractivity contribution < 1.29 is 23.8 Å². The number of benzene rings is 1. The van der Waals surface area contributed by atoms with Gasteiger partial charge < -0.3 is 14.2 Å². The van der Waals surface area contributed by atoms with Gasteiger partial charge in [-0.2, -0.15) is 0 Å². The summed E-state index contributed by atoms with van der Waals surface area (Å²) in [7, 11) is 0. The number of hydrogen-bond acceptors (Lipinski definition) is 6. The molecule has 0 bridgehead atoms. The van der Waals surface area contributed by atoms with E-state index in [0.717, 1.165) is 38.4 Å². The van der Waals surface area contributed by atoms with Crippen molar-refractivity contribution in [1.82, 2.24) is 4.90 Å². The van der Waals surface area contributed by atoms with E-state index in [1.165, 1.54) is 0 Å². The van der Waals surface area contributed by atoms with E-state index in [0.29, 0.717) is 5.56 Å². The molecule has 1 aromatic carbocycles. The van der Waals surface area contributed by atoms with Gasteiger partial charge in [-0.15, -0.1) is 0 Å². The first-order valence-electron chi connectivity index (χ1n) is 7.79. The fraction of sp³-hybridized carbons (Fsp3) is 0.529. The third-order valence-corrected chi connectivity index (χ3v) is 3.56.